The number of aromatic amines is 1. The van der Waals surface area contributed by atoms with Crippen LogP contribution < -0.4 is 5.32 Å². The molecule has 4 rings (SSSR count). The molecule has 0 atom stereocenters. The van der Waals surface area contributed by atoms with Crippen molar-refractivity contribution < 1.29 is 9.59 Å². The van der Waals surface area contributed by atoms with E-state index in [0.29, 0.717) is 11.1 Å². The standard InChI is InChI=1S/C17H13N5O2/c23-15(12-9-18-13-6-2-1-5-11(12)13)10-19-17(24)16-14-7-3-4-8-22(14)21-20-16/h1-9,18H,10H2,(H,19,24). The molecule has 1 amide bonds. The Hall–Kier alpha value is -3.48. The number of Topliss-reactive ketones (excluding diaryl/α,β-unsaturated/α-hetero) is 1. The predicted octanol–water partition coefficient (Wildman–Crippen LogP) is 1.82. The van der Waals surface area contributed by atoms with Gasteiger partial charge >= 0.3 is 0 Å². The summed E-state index contributed by atoms with van der Waals surface area (Å²) < 4.78 is 1.51. The van der Waals surface area contributed by atoms with E-state index >= 15 is 0 Å². The monoisotopic (exact) mass is 319 g/mol. The number of para-hydroxylation sites is 1. The van der Waals surface area contributed by atoms with Crippen molar-refractivity contribution in [3.8, 4) is 0 Å². The third-order valence-electron chi connectivity index (χ3n) is 3.84. The molecule has 0 aliphatic heterocycles. The molecule has 3 aromatic heterocycles. The Balaban J connectivity index is 1.52. The maximum Gasteiger partial charge on any atom is 0.274 e. The lowest BCUT2D eigenvalue weighted by Crippen LogP contribution is -2.29. The summed E-state index contributed by atoms with van der Waals surface area (Å²) in [6.07, 6.45) is 3.36. The summed E-state index contributed by atoms with van der Waals surface area (Å²) in [5.74, 6) is -0.596. The van der Waals surface area contributed by atoms with Crippen LogP contribution in [0, 0.1) is 0 Å². The quantitative estimate of drug-likeness (QED) is 0.561. The molecule has 7 heteroatoms. The fourth-order valence-corrected chi connectivity index (χ4v) is 2.65. The summed E-state index contributed by atoms with van der Waals surface area (Å²) in [5.41, 5.74) is 2.23. The van der Waals surface area contributed by atoms with E-state index in [0.717, 1.165) is 10.9 Å². The second-order valence-electron chi connectivity index (χ2n) is 5.32. The average molecular weight is 319 g/mol. The zero-order valence-electron chi connectivity index (χ0n) is 12.6. The first kappa shape index (κ1) is 14.1. The maximum atomic E-state index is 12.4. The molecule has 4 aromatic rings. The Morgan fingerprint density at radius 1 is 1.12 bits per heavy atom. The van der Waals surface area contributed by atoms with Gasteiger partial charge in [0.1, 0.15) is 0 Å². The average Bonchev–Trinajstić information content (AvgIpc) is 3.23. The van der Waals surface area contributed by atoms with Crippen LogP contribution in [-0.2, 0) is 0 Å². The number of ketones is 1. The molecule has 0 radical (unpaired) electrons. The number of pyridine rings is 1. The van der Waals surface area contributed by atoms with Gasteiger partial charge in [0.25, 0.3) is 5.91 Å². The van der Waals surface area contributed by atoms with Crippen molar-refractivity contribution in [3.63, 3.8) is 0 Å². The number of H-pyrrole nitrogens is 1. The summed E-state index contributed by atoms with van der Waals surface area (Å²) >= 11 is 0. The van der Waals surface area contributed by atoms with Crippen LogP contribution in [0.1, 0.15) is 20.8 Å². The number of amides is 1. The topological polar surface area (TPSA) is 92.2 Å². The number of benzene rings is 1. The Bertz CT molecular complexity index is 977. The van der Waals surface area contributed by atoms with Gasteiger partial charge in [-0.15, -0.1) is 5.10 Å². The summed E-state index contributed by atoms with van der Waals surface area (Å²) in [6, 6.07) is 12.9. The van der Waals surface area contributed by atoms with Crippen LogP contribution in [-0.4, -0.2) is 38.0 Å². The molecule has 0 spiro atoms. The molecular weight excluding hydrogens is 306 g/mol. The minimum absolute atomic E-state index is 0.105. The first-order chi connectivity index (χ1) is 11.7. The summed E-state index contributed by atoms with van der Waals surface area (Å²) in [5, 5.41) is 11.2. The predicted molar refractivity (Wildman–Crippen MR) is 87.9 cm³/mol. The Morgan fingerprint density at radius 3 is 2.88 bits per heavy atom. The van der Waals surface area contributed by atoms with E-state index < -0.39 is 5.91 Å². The first-order valence-corrected chi connectivity index (χ1v) is 7.41. The molecule has 0 aliphatic carbocycles. The second-order valence-corrected chi connectivity index (χ2v) is 5.32. The van der Waals surface area contributed by atoms with Crippen molar-refractivity contribution in [2.75, 3.05) is 6.54 Å². The molecule has 0 bridgehead atoms. The Labute approximate surface area is 136 Å². The minimum atomic E-state index is -0.426. The van der Waals surface area contributed by atoms with E-state index in [2.05, 4.69) is 20.6 Å². The van der Waals surface area contributed by atoms with Gasteiger partial charge in [-0.3, -0.25) is 9.59 Å². The van der Waals surface area contributed by atoms with Crippen LogP contribution in [0.3, 0.4) is 0 Å². The molecule has 24 heavy (non-hydrogen) atoms. The van der Waals surface area contributed by atoms with Gasteiger partial charge < -0.3 is 10.3 Å². The van der Waals surface area contributed by atoms with E-state index in [4.69, 9.17) is 0 Å². The molecule has 2 N–H and O–H groups in total. The largest absolute Gasteiger partial charge is 0.360 e. The number of hydrogen-bond donors (Lipinski definition) is 2. The van der Waals surface area contributed by atoms with Crippen LogP contribution in [0.25, 0.3) is 16.4 Å². The zero-order chi connectivity index (χ0) is 16.5. The molecule has 0 unspecified atom stereocenters. The van der Waals surface area contributed by atoms with Gasteiger partial charge in [0.05, 0.1) is 12.1 Å². The van der Waals surface area contributed by atoms with E-state index in [-0.39, 0.29) is 18.0 Å². The van der Waals surface area contributed by atoms with E-state index in [1.165, 1.54) is 4.52 Å². The molecule has 0 fully saturated rings. The van der Waals surface area contributed by atoms with E-state index in [9.17, 15) is 9.59 Å². The Morgan fingerprint density at radius 2 is 1.96 bits per heavy atom. The van der Waals surface area contributed by atoms with Crippen molar-refractivity contribution in [2.45, 2.75) is 0 Å². The number of aromatic nitrogens is 4. The van der Waals surface area contributed by atoms with Crippen molar-refractivity contribution in [2.24, 2.45) is 0 Å². The first-order valence-electron chi connectivity index (χ1n) is 7.41. The molecular formula is C17H13N5O2. The van der Waals surface area contributed by atoms with Gasteiger partial charge in [-0.05, 0) is 18.2 Å². The van der Waals surface area contributed by atoms with Crippen molar-refractivity contribution in [1.29, 1.82) is 0 Å². The smallest absolute Gasteiger partial charge is 0.274 e. The highest BCUT2D eigenvalue weighted by Crippen LogP contribution is 2.17. The highest BCUT2D eigenvalue weighted by molar-refractivity contribution is 6.10. The van der Waals surface area contributed by atoms with E-state index in [1.54, 1.807) is 30.6 Å². The molecule has 7 nitrogen and oxygen atoms in total. The van der Waals surface area contributed by atoms with Gasteiger partial charge in [-0.2, -0.15) is 0 Å². The summed E-state index contributed by atoms with van der Waals surface area (Å²) in [7, 11) is 0. The summed E-state index contributed by atoms with van der Waals surface area (Å²) in [4.78, 5) is 27.7. The third-order valence-corrected chi connectivity index (χ3v) is 3.84. The Kier molecular flexibility index (Phi) is 3.31. The molecule has 0 saturated heterocycles. The normalized spacial score (nSPS) is 11.0. The zero-order valence-corrected chi connectivity index (χ0v) is 12.6. The SMILES string of the molecule is O=C(CNC(=O)c1nnn2ccccc12)c1c[nH]c2ccccc12. The third kappa shape index (κ3) is 2.32. The number of rotatable bonds is 4. The number of fused-ring (bicyclic) bond motifs is 2. The van der Waals surface area contributed by atoms with Crippen LogP contribution >= 0.6 is 0 Å². The summed E-state index contributed by atoms with van der Waals surface area (Å²) in [6.45, 7) is -0.105. The van der Waals surface area contributed by atoms with Gasteiger partial charge in [0.2, 0.25) is 0 Å². The lowest BCUT2D eigenvalue weighted by atomic mass is 10.1. The van der Waals surface area contributed by atoms with Crippen LogP contribution in [0.5, 0.6) is 0 Å². The van der Waals surface area contributed by atoms with Crippen molar-refractivity contribution in [3.05, 3.63) is 66.1 Å². The van der Waals surface area contributed by atoms with Gasteiger partial charge in [-0.1, -0.05) is 29.5 Å². The second kappa shape index (κ2) is 5.62. The van der Waals surface area contributed by atoms with Crippen LogP contribution in [0.15, 0.2) is 54.9 Å². The van der Waals surface area contributed by atoms with E-state index in [1.807, 2.05) is 24.3 Å². The maximum absolute atomic E-state index is 12.4. The van der Waals surface area contributed by atoms with Crippen LogP contribution in [0.4, 0.5) is 0 Å². The molecule has 1 aromatic carbocycles. The molecule has 0 aliphatic rings. The van der Waals surface area contributed by atoms with Gasteiger partial charge in [0.15, 0.2) is 11.5 Å². The van der Waals surface area contributed by atoms with Gasteiger partial charge in [-0.25, -0.2) is 4.52 Å². The number of carbonyl (C=O) groups excluding carboxylic acids is 2. The fourth-order valence-electron chi connectivity index (χ4n) is 2.65. The lowest BCUT2D eigenvalue weighted by Gasteiger charge is -2.02. The van der Waals surface area contributed by atoms with Crippen molar-refractivity contribution in [1.82, 2.24) is 25.1 Å². The minimum Gasteiger partial charge on any atom is -0.360 e. The number of nitrogens with zero attached hydrogens (tertiary/aromatic N) is 3. The molecule has 118 valence electrons. The fraction of sp³-hybridized carbons (Fsp3) is 0.0588. The highest BCUT2D eigenvalue weighted by Gasteiger charge is 2.17. The van der Waals surface area contributed by atoms with Crippen molar-refractivity contribution >= 4 is 28.1 Å². The highest BCUT2D eigenvalue weighted by atomic mass is 16.2. The van der Waals surface area contributed by atoms with Crippen LogP contribution in [0.2, 0.25) is 0 Å². The molecule has 3 heterocycles. The number of carbonyl (C=O) groups is 2. The number of nitrogens with one attached hydrogen (secondary N) is 2. The number of hydrogen-bond acceptors (Lipinski definition) is 4. The lowest BCUT2D eigenvalue weighted by molar-refractivity contribution is 0.0902. The molecule has 0 saturated carbocycles. The van der Waals surface area contributed by atoms with Gasteiger partial charge in [0, 0.05) is 28.9 Å².